The lowest BCUT2D eigenvalue weighted by molar-refractivity contribution is -0.195. The molecule has 2 fully saturated rings. The van der Waals surface area contributed by atoms with Crippen LogP contribution in [-0.2, 0) is 20.8 Å². The molecule has 1 saturated heterocycles. The highest BCUT2D eigenvalue weighted by atomic mass is 16.7. The van der Waals surface area contributed by atoms with Crippen molar-refractivity contribution in [3.05, 3.63) is 35.9 Å². The zero-order valence-electron chi connectivity index (χ0n) is 15.2. The fourth-order valence-corrected chi connectivity index (χ4v) is 3.28. The van der Waals surface area contributed by atoms with E-state index in [1.807, 2.05) is 44.2 Å². The van der Waals surface area contributed by atoms with E-state index < -0.39 is 11.4 Å². The van der Waals surface area contributed by atoms with Gasteiger partial charge in [-0.3, -0.25) is 0 Å². The average molecular weight is 344 g/mol. The first-order chi connectivity index (χ1) is 11.9. The standard InChI is InChI=1S/C21H28O4/c1-19(2,17-23-16-18-6-4-3-5-7-18)8-9-20(22)10-12-21(13-11-20)24-14-15-25-21/h3-7,22H,10-17H2,1-2H3. The molecule has 1 N–H and O–H groups in total. The Hall–Kier alpha value is -1.38. The Morgan fingerprint density at radius 1 is 1.08 bits per heavy atom. The molecule has 2 aliphatic rings. The fourth-order valence-electron chi connectivity index (χ4n) is 3.28. The molecule has 1 aliphatic carbocycles. The van der Waals surface area contributed by atoms with Crippen molar-refractivity contribution < 1.29 is 19.3 Å². The molecule has 1 aromatic carbocycles. The van der Waals surface area contributed by atoms with Crippen LogP contribution >= 0.6 is 0 Å². The highest BCUT2D eigenvalue weighted by Crippen LogP contribution is 2.40. The third-order valence-electron chi connectivity index (χ3n) is 4.86. The van der Waals surface area contributed by atoms with Gasteiger partial charge in [-0.25, -0.2) is 0 Å². The zero-order valence-corrected chi connectivity index (χ0v) is 15.2. The van der Waals surface area contributed by atoms with Gasteiger partial charge in [0.2, 0.25) is 0 Å². The van der Waals surface area contributed by atoms with E-state index in [2.05, 4.69) is 11.8 Å². The van der Waals surface area contributed by atoms with E-state index in [-0.39, 0.29) is 5.41 Å². The maximum Gasteiger partial charge on any atom is 0.168 e. The van der Waals surface area contributed by atoms with Gasteiger partial charge in [-0.2, -0.15) is 0 Å². The average Bonchev–Trinajstić information content (AvgIpc) is 3.06. The van der Waals surface area contributed by atoms with Gasteiger partial charge in [0.15, 0.2) is 5.79 Å². The highest BCUT2D eigenvalue weighted by molar-refractivity contribution is 5.20. The first-order valence-corrected chi connectivity index (χ1v) is 9.07. The Kier molecular flexibility index (Phi) is 5.50. The Labute approximate surface area is 150 Å². The molecule has 4 heteroatoms. The molecule has 4 nitrogen and oxygen atoms in total. The molecule has 0 aromatic heterocycles. The number of rotatable bonds is 4. The normalized spacial score (nSPS) is 21.7. The molecule has 1 aromatic rings. The molecule has 1 aliphatic heterocycles. The summed E-state index contributed by atoms with van der Waals surface area (Å²) >= 11 is 0. The number of ether oxygens (including phenoxy) is 3. The molecule has 1 heterocycles. The highest BCUT2D eigenvalue weighted by Gasteiger charge is 2.45. The summed E-state index contributed by atoms with van der Waals surface area (Å²) in [4.78, 5) is 0. The molecule has 3 rings (SSSR count). The summed E-state index contributed by atoms with van der Waals surface area (Å²) in [5.74, 6) is 5.87. The quantitative estimate of drug-likeness (QED) is 0.852. The molecule has 0 amide bonds. The lowest BCUT2D eigenvalue weighted by Gasteiger charge is -2.38. The van der Waals surface area contributed by atoms with E-state index in [9.17, 15) is 5.11 Å². The van der Waals surface area contributed by atoms with Crippen molar-refractivity contribution in [1.29, 1.82) is 0 Å². The second-order valence-corrected chi connectivity index (χ2v) is 7.75. The lowest BCUT2D eigenvalue weighted by Crippen LogP contribution is -2.43. The minimum atomic E-state index is -0.947. The second kappa shape index (κ2) is 7.47. The minimum absolute atomic E-state index is 0.306. The van der Waals surface area contributed by atoms with Crippen molar-refractivity contribution in [3.8, 4) is 11.8 Å². The number of aliphatic hydroxyl groups is 1. The fraction of sp³-hybridized carbons (Fsp3) is 0.619. The molecule has 1 spiro atoms. The molecular weight excluding hydrogens is 316 g/mol. The van der Waals surface area contributed by atoms with Gasteiger partial charge in [0.1, 0.15) is 5.60 Å². The van der Waals surface area contributed by atoms with Crippen LogP contribution in [0.15, 0.2) is 30.3 Å². The van der Waals surface area contributed by atoms with E-state index in [1.54, 1.807) is 0 Å². The van der Waals surface area contributed by atoms with Gasteiger partial charge < -0.3 is 19.3 Å². The van der Waals surface area contributed by atoms with Gasteiger partial charge in [-0.05, 0) is 32.3 Å². The lowest BCUT2D eigenvalue weighted by atomic mass is 9.81. The van der Waals surface area contributed by atoms with Crippen molar-refractivity contribution in [2.24, 2.45) is 5.41 Å². The first-order valence-electron chi connectivity index (χ1n) is 9.07. The first kappa shape index (κ1) is 18.4. The Bertz CT molecular complexity index is 610. The van der Waals surface area contributed by atoms with Crippen LogP contribution in [0.3, 0.4) is 0 Å². The number of hydrogen-bond donors (Lipinski definition) is 1. The van der Waals surface area contributed by atoms with Crippen LogP contribution in [-0.4, -0.2) is 36.3 Å². The van der Waals surface area contributed by atoms with Gasteiger partial charge in [-0.1, -0.05) is 42.2 Å². The van der Waals surface area contributed by atoms with Gasteiger partial charge in [0.05, 0.1) is 26.4 Å². The minimum Gasteiger partial charge on any atom is -0.378 e. The Morgan fingerprint density at radius 2 is 1.72 bits per heavy atom. The van der Waals surface area contributed by atoms with Crippen molar-refractivity contribution in [3.63, 3.8) is 0 Å². The molecule has 0 radical (unpaired) electrons. The summed E-state index contributed by atoms with van der Waals surface area (Å²) in [6, 6.07) is 10.1. The van der Waals surface area contributed by atoms with E-state index in [4.69, 9.17) is 14.2 Å². The maximum absolute atomic E-state index is 10.8. The Morgan fingerprint density at radius 3 is 2.36 bits per heavy atom. The molecule has 0 bridgehead atoms. The SMILES string of the molecule is CC(C)(C#CC1(O)CCC2(CC1)OCCO2)COCc1ccccc1. The van der Waals surface area contributed by atoms with Crippen LogP contribution in [0.4, 0.5) is 0 Å². The summed E-state index contributed by atoms with van der Waals surface area (Å²) < 4.78 is 17.2. The van der Waals surface area contributed by atoms with Crippen LogP contribution < -0.4 is 0 Å². The van der Waals surface area contributed by atoms with Crippen LogP contribution in [0.1, 0.15) is 45.1 Å². The van der Waals surface area contributed by atoms with E-state index >= 15 is 0 Å². The van der Waals surface area contributed by atoms with E-state index in [1.165, 1.54) is 0 Å². The molecule has 0 unspecified atom stereocenters. The summed E-state index contributed by atoms with van der Waals surface area (Å²) in [6.07, 6.45) is 2.56. The number of benzene rings is 1. The topological polar surface area (TPSA) is 47.9 Å². The predicted molar refractivity (Wildman–Crippen MR) is 95.7 cm³/mol. The Balaban J connectivity index is 1.50. The van der Waals surface area contributed by atoms with Gasteiger partial charge in [-0.15, -0.1) is 0 Å². The smallest absolute Gasteiger partial charge is 0.168 e. The summed E-state index contributed by atoms with van der Waals surface area (Å²) in [6.45, 7) is 6.49. The monoisotopic (exact) mass is 344 g/mol. The van der Waals surface area contributed by atoms with Crippen LogP contribution in [0.5, 0.6) is 0 Å². The van der Waals surface area contributed by atoms with Gasteiger partial charge in [0, 0.05) is 18.3 Å². The summed E-state index contributed by atoms with van der Waals surface area (Å²) in [7, 11) is 0. The van der Waals surface area contributed by atoms with Crippen LogP contribution in [0.2, 0.25) is 0 Å². The predicted octanol–water partition coefficient (Wildman–Crippen LogP) is 3.28. The van der Waals surface area contributed by atoms with E-state index in [0.29, 0.717) is 52.1 Å². The van der Waals surface area contributed by atoms with Crippen molar-refractivity contribution in [2.45, 2.75) is 57.5 Å². The maximum atomic E-state index is 10.8. The largest absolute Gasteiger partial charge is 0.378 e. The third kappa shape index (κ3) is 5.05. The third-order valence-corrected chi connectivity index (χ3v) is 4.86. The van der Waals surface area contributed by atoms with Crippen molar-refractivity contribution >= 4 is 0 Å². The van der Waals surface area contributed by atoms with Crippen molar-refractivity contribution in [1.82, 2.24) is 0 Å². The second-order valence-electron chi connectivity index (χ2n) is 7.75. The van der Waals surface area contributed by atoms with Gasteiger partial charge in [0.25, 0.3) is 0 Å². The molecular formula is C21H28O4. The molecule has 1 saturated carbocycles. The molecule has 136 valence electrons. The molecule has 25 heavy (non-hydrogen) atoms. The number of hydrogen-bond acceptors (Lipinski definition) is 4. The van der Waals surface area contributed by atoms with Crippen LogP contribution in [0, 0.1) is 17.3 Å². The zero-order chi connectivity index (χ0) is 17.8. The van der Waals surface area contributed by atoms with Crippen LogP contribution in [0.25, 0.3) is 0 Å². The summed E-state index contributed by atoms with van der Waals surface area (Å²) in [5, 5.41) is 10.8. The van der Waals surface area contributed by atoms with Gasteiger partial charge >= 0.3 is 0 Å². The molecule has 0 atom stereocenters. The van der Waals surface area contributed by atoms with Crippen molar-refractivity contribution in [2.75, 3.05) is 19.8 Å². The summed E-state index contributed by atoms with van der Waals surface area (Å²) in [5.41, 5.74) is -0.101. The van der Waals surface area contributed by atoms with E-state index in [0.717, 1.165) is 5.56 Å².